The first kappa shape index (κ1) is 30.3. The van der Waals surface area contributed by atoms with E-state index in [-0.39, 0.29) is 0 Å². The van der Waals surface area contributed by atoms with Crippen LogP contribution in [-0.2, 0) is 0 Å². The molecular weight excluding hydrogens is 659 g/mol. The first-order chi connectivity index (χ1) is 26.8. The minimum Gasteiger partial charge on any atom is -0.309 e. The molecule has 0 fully saturated rings. The van der Waals surface area contributed by atoms with Gasteiger partial charge in [-0.05, 0) is 53.2 Å². The SMILES string of the molecule is c1ccc(-c2nc(-c3ccccc3-n3c4ccccc4c4c3ccc3c5ccccc5n(-c5ccccc5)c34)nc(-c3cccc4ccccc34)n2)cc1. The van der Waals surface area contributed by atoms with Gasteiger partial charge in [0.05, 0.1) is 27.8 Å². The van der Waals surface area contributed by atoms with Crippen molar-refractivity contribution in [2.75, 3.05) is 0 Å². The van der Waals surface area contributed by atoms with Crippen molar-refractivity contribution in [3.8, 4) is 45.5 Å². The number of nitrogens with zero attached hydrogens (tertiary/aromatic N) is 5. The fraction of sp³-hybridized carbons (Fsp3) is 0. The van der Waals surface area contributed by atoms with Crippen molar-refractivity contribution >= 4 is 54.4 Å². The molecule has 3 heterocycles. The van der Waals surface area contributed by atoms with Crippen molar-refractivity contribution in [2.24, 2.45) is 0 Å². The number of para-hydroxylation sites is 4. The first-order valence-corrected chi connectivity index (χ1v) is 18.2. The second-order valence-electron chi connectivity index (χ2n) is 13.6. The van der Waals surface area contributed by atoms with Gasteiger partial charge in [0.15, 0.2) is 17.5 Å². The number of hydrogen-bond donors (Lipinski definition) is 0. The highest BCUT2D eigenvalue weighted by Gasteiger charge is 2.23. The van der Waals surface area contributed by atoms with Gasteiger partial charge in [-0.3, -0.25) is 0 Å². The topological polar surface area (TPSA) is 48.5 Å². The van der Waals surface area contributed by atoms with E-state index >= 15 is 0 Å². The Bertz CT molecular complexity index is 3210. The van der Waals surface area contributed by atoms with E-state index < -0.39 is 0 Å². The number of fused-ring (bicyclic) bond motifs is 8. The fourth-order valence-corrected chi connectivity index (χ4v) is 8.22. The zero-order valence-electron chi connectivity index (χ0n) is 29.1. The molecule has 11 aromatic rings. The Balaban J connectivity index is 1.22. The minimum atomic E-state index is 0.618. The summed E-state index contributed by atoms with van der Waals surface area (Å²) in [6, 6.07) is 66.1. The molecule has 8 aromatic carbocycles. The van der Waals surface area contributed by atoms with Crippen LogP contribution in [0.5, 0.6) is 0 Å². The lowest BCUT2D eigenvalue weighted by atomic mass is 10.0. The van der Waals surface area contributed by atoms with Crippen molar-refractivity contribution in [3.63, 3.8) is 0 Å². The lowest BCUT2D eigenvalue weighted by Gasteiger charge is -2.15. The van der Waals surface area contributed by atoms with E-state index in [0.29, 0.717) is 17.5 Å². The highest BCUT2D eigenvalue weighted by atomic mass is 15.1. The molecular formula is C49H31N5. The molecule has 5 heteroatoms. The number of rotatable bonds is 5. The van der Waals surface area contributed by atoms with Crippen molar-refractivity contribution in [1.29, 1.82) is 0 Å². The van der Waals surface area contributed by atoms with Gasteiger partial charge in [-0.2, -0.15) is 0 Å². The third-order valence-electron chi connectivity index (χ3n) is 10.6. The number of hydrogen-bond acceptors (Lipinski definition) is 3. The van der Waals surface area contributed by atoms with Crippen molar-refractivity contribution in [2.45, 2.75) is 0 Å². The Morgan fingerprint density at radius 3 is 1.72 bits per heavy atom. The zero-order chi connectivity index (χ0) is 35.6. The lowest BCUT2D eigenvalue weighted by Crippen LogP contribution is -2.03. The van der Waals surface area contributed by atoms with E-state index in [1.165, 1.54) is 32.6 Å². The minimum absolute atomic E-state index is 0.618. The Morgan fingerprint density at radius 1 is 0.333 bits per heavy atom. The van der Waals surface area contributed by atoms with Crippen molar-refractivity contribution < 1.29 is 0 Å². The summed E-state index contributed by atoms with van der Waals surface area (Å²) < 4.78 is 4.81. The van der Waals surface area contributed by atoms with Crippen molar-refractivity contribution in [3.05, 3.63) is 188 Å². The molecule has 0 bridgehead atoms. The average Bonchev–Trinajstić information content (AvgIpc) is 3.77. The molecule has 0 atom stereocenters. The van der Waals surface area contributed by atoms with Crippen LogP contribution in [-0.4, -0.2) is 24.1 Å². The number of benzene rings is 8. The first-order valence-electron chi connectivity index (χ1n) is 18.2. The summed E-state index contributed by atoms with van der Waals surface area (Å²) in [5.41, 5.74) is 9.57. The second kappa shape index (κ2) is 12.1. The van der Waals surface area contributed by atoms with Gasteiger partial charge >= 0.3 is 0 Å². The summed E-state index contributed by atoms with van der Waals surface area (Å²) in [6.07, 6.45) is 0. The predicted molar refractivity (Wildman–Crippen MR) is 222 cm³/mol. The maximum Gasteiger partial charge on any atom is 0.166 e. The van der Waals surface area contributed by atoms with Gasteiger partial charge < -0.3 is 9.13 Å². The molecule has 0 aliphatic heterocycles. The summed E-state index contributed by atoms with van der Waals surface area (Å²) in [7, 11) is 0. The molecule has 0 aliphatic carbocycles. The van der Waals surface area contributed by atoms with Crippen LogP contribution in [0.3, 0.4) is 0 Å². The quantitative estimate of drug-likeness (QED) is 0.181. The van der Waals surface area contributed by atoms with Crippen LogP contribution < -0.4 is 0 Å². The monoisotopic (exact) mass is 689 g/mol. The molecule has 0 N–H and O–H groups in total. The molecule has 54 heavy (non-hydrogen) atoms. The average molecular weight is 690 g/mol. The van der Waals surface area contributed by atoms with Crippen LogP contribution in [0, 0.1) is 0 Å². The predicted octanol–water partition coefficient (Wildman–Crippen LogP) is 12.2. The number of aromatic nitrogens is 5. The maximum absolute atomic E-state index is 5.27. The van der Waals surface area contributed by atoms with Crippen LogP contribution in [0.15, 0.2) is 188 Å². The fourth-order valence-electron chi connectivity index (χ4n) is 8.22. The smallest absolute Gasteiger partial charge is 0.166 e. The van der Waals surface area contributed by atoms with Gasteiger partial charge in [0.25, 0.3) is 0 Å². The Labute approximate surface area is 311 Å². The highest BCUT2D eigenvalue weighted by molar-refractivity contribution is 6.26. The molecule has 0 amide bonds. The summed E-state index contributed by atoms with van der Waals surface area (Å²) in [5, 5.41) is 7.09. The molecule has 0 aliphatic rings. The molecule has 3 aromatic heterocycles. The molecule has 0 saturated carbocycles. The van der Waals surface area contributed by atoms with Gasteiger partial charge in [-0.15, -0.1) is 0 Å². The van der Waals surface area contributed by atoms with Crippen LogP contribution in [0.4, 0.5) is 0 Å². The van der Waals surface area contributed by atoms with Crippen LogP contribution in [0.25, 0.3) is 99.9 Å². The van der Waals surface area contributed by atoms with Crippen molar-refractivity contribution in [1.82, 2.24) is 24.1 Å². The van der Waals surface area contributed by atoms with Crippen LogP contribution >= 0.6 is 0 Å². The third-order valence-corrected chi connectivity index (χ3v) is 10.6. The van der Waals surface area contributed by atoms with E-state index in [2.05, 4.69) is 179 Å². The third kappa shape index (κ3) is 4.62. The molecule has 0 radical (unpaired) electrons. The molecule has 252 valence electrons. The van der Waals surface area contributed by atoms with Gasteiger partial charge in [0.1, 0.15) is 0 Å². The van der Waals surface area contributed by atoms with E-state index in [1.54, 1.807) is 0 Å². The summed E-state index contributed by atoms with van der Waals surface area (Å²) in [5.74, 6) is 1.89. The lowest BCUT2D eigenvalue weighted by molar-refractivity contribution is 1.07. The van der Waals surface area contributed by atoms with Gasteiger partial charge in [0, 0.05) is 43.9 Å². The molecule has 0 spiro atoms. The summed E-state index contributed by atoms with van der Waals surface area (Å²) in [4.78, 5) is 15.6. The largest absolute Gasteiger partial charge is 0.309 e. The van der Waals surface area contributed by atoms with Crippen LogP contribution in [0.2, 0.25) is 0 Å². The standard InChI is InChI=1S/C49H31N5/c1-3-17-33(18-4-1)47-50-48(38-26-15-19-32-16-7-8-22-35(32)38)52-49(51-47)40-25-11-14-29-43(40)54-42-28-13-10-24-39(42)45-44(54)31-30-37-36-23-9-12-27-41(36)53(46(37)45)34-20-5-2-6-21-34/h1-31H. The van der Waals surface area contributed by atoms with Gasteiger partial charge in [0.2, 0.25) is 0 Å². The van der Waals surface area contributed by atoms with Crippen LogP contribution in [0.1, 0.15) is 0 Å². The zero-order valence-corrected chi connectivity index (χ0v) is 29.1. The molecule has 5 nitrogen and oxygen atoms in total. The maximum atomic E-state index is 5.27. The normalized spacial score (nSPS) is 11.7. The Hall–Kier alpha value is -7.37. The van der Waals surface area contributed by atoms with E-state index in [1.807, 2.05) is 18.2 Å². The second-order valence-corrected chi connectivity index (χ2v) is 13.6. The van der Waals surface area contributed by atoms with Gasteiger partial charge in [-0.25, -0.2) is 15.0 Å². The summed E-state index contributed by atoms with van der Waals surface area (Å²) in [6.45, 7) is 0. The molecule has 0 unspecified atom stereocenters. The van der Waals surface area contributed by atoms with Gasteiger partial charge in [-0.1, -0.05) is 146 Å². The molecule has 11 rings (SSSR count). The highest BCUT2D eigenvalue weighted by Crippen LogP contribution is 2.43. The van der Waals surface area contributed by atoms with E-state index in [0.717, 1.165) is 49.9 Å². The summed E-state index contributed by atoms with van der Waals surface area (Å²) >= 11 is 0. The molecule has 0 saturated heterocycles. The van der Waals surface area contributed by atoms with E-state index in [4.69, 9.17) is 15.0 Å². The Kier molecular flexibility index (Phi) is 6.79. The Morgan fingerprint density at radius 2 is 0.907 bits per heavy atom. The van der Waals surface area contributed by atoms with E-state index in [9.17, 15) is 0 Å².